The highest BCUT2D eigenvalue weighted by Gasteiger charge is 2.18. The highest BCUT2D eigenvalue weighted by molar-refractivity contribution is 5.61. The molecule has 3 nitrogen and oxygen atoms in total. The lowest BCUT2D eigenvalue weighted by molar-refractivity contribution is 0.194. The topological polar surface area (TPSA) is 32.7 Å². The van der Waals surface area contributed by atoms with Crippen molar-refractivity contribution in [2.45, 2.75) is 19.4 Å². The van der Waals surface area contributed by atoms with Crippen LogP contribution in [-0.2, 0) is 0 Å². The molecule has 1 aliphatic heterocycles. The summed E-state index contributed by atoms with van der Waals surface area (Å²) < 4.78 is 5.33. The van der Waals surface area contributed by atoms with Gasteiger partial charge in [0.2, 0.25) is 0 Å². The highest BCUT2D eigenvalue weighted by atomic mass is 16.5. The van der Waals surface area contributed by atoms with Crippen LogP contribution in [0.25, 0.3) is 0 Å². The number of aliphatic hydroxyl groups is 1. The van der Waals surface area contributed by atoms with E-state index in [1.54, 1.807) is 14.0 Å². The molecule has 0 saturated carbocycles. The molecule has 1 N–H and O–H groups in total. The van der Waals surface area contributed by atoms with Crippen LogP contribution < -0.4 is 9.64 Å². The minimum Gasteiger partial charge on any atom is -0.496 e. The van der Waals surface area contributed by atoms with Gasteiger partial charge in [-0.25, -0.2) is 0 Å². The lowest BCUT2D eigenvalue weighted by atomic mass is 10.0. The molecule has 1 aromatic rings. The van der Waals surface area contributed by atoms with Gasteiger partial charge in [0.05, 0.1) is 13.2 Å². The Hall–Kier alpha value is -1.48. The molecule has 0 spiro atoms. The average molecular weight is 233 g/mol. The molecule has 0 fully saturated rings. The maximum atomic E-state index is 9.92. The van der Waals surface area contributed by atoms with Crippen LogP contribution in [0.15, 0.2) is 30.4 Å². The van der Waals surface area contributed by atoms with Gasteiger partial charge in [0.15, 0.2) is 0 Å². The number of benzene rings is 1. The summed E-state index contributed by atoms with van der Waals surface area (Å²) in [5, 5.41) is 9.92. The molecule has 0 bridgehead atoms. The van der Waals surface area contributed by atoms with Crippen LogP contribution in [0.2, 0.25) is 0 Å². The van der Waals surface area contributed by atoms with Gasteiger partial charge in [-0.05, 0) is 25.5 Å². The summed E-state index contributed by atoms with van der Waals surface area (Å²) in [6, 6.07) is 5.91. The fourth-order valence-electron chi connectivity index (χ4n) is 2.27. The van der Waals surface area contributed by atoms with Crippen LogP contribution in [0.3, 0.4) is 0 Å². The number of hydrogen-bond donors (Lipinski definition) is 1. The second-order valence-corrected chi connectivity index (χ2v) is 4.28. The molecule has 0 saturated heterocycles. The standard InChI is InChI=1S/C14H19NO2/c1-11(16)14-12(7-6-8-13(14)17-2)15-9-4-3-5-10-15/h3-4,6-8,11,16H,5,9-10H2,1-2H3. The molecule has 1 heterocycles. The fraction of sp³-hybridized carbons (Fsp3) is 0.429. The Morgan fingerprint density at radius 1 is 1.35 bits per heavy atom. The van der Waals surface area contributed by atoms with Crippen molar-refractivity contribution in [1.29, 1.82) is 0 Å². The minimum absolute atomic E-state index is 0.521. The minimum atomic E-state index is -0.521. The summed E-state index contributed by atoms with van der Waals surface area (Å²) in [6.45, 7) is 3.66. The van der Waals surface area contributed by atoms with Gasteiger partial charge < -0.3 is 14.7 Å². The first-order chi connectivity index (χ1) is 8.24. The van der Waals surface area contributed by atoms with E-state index >= 15 is 0 Å². The Balaban J connectivity index is 2.41. The number of anilines is 1. The van der Waals surface area contributed by atoms with Crippen molar-refractivity contribution in [1.82, 2.24) is 0 Å². The van der Waals surface area contributed by atoms with Crippen molar-refractivity contribution < 1.29 is 9.84 Å². The Kier molecular flexibility index (Phi) is 3.69. The number of ether oxygens (including phenoxy) is 1. The number of hydrogen-bond acceptors (Lipinski definition) is 3. The molecular weight excluding hydrogens is 214 g/mol. The van der Waals surface area contributed by atoms with Crippen LogP contribution >= 0.6 is 0 Å². The molecular formula is C14H19NO2. The molecule has 1 unspecified atom stereocenters. The number of rotatable bonds is 3. The number of aliphatic hydroxyl groups excluding tert-OH is 1. The largest absolute Gasteiger partial charge is 0.496 e. The van der Waals surface area contributed by atoms with E-state index in [1.165, 1.54) is 0 Å². The maximum Gasteiger partial charge on any atom is 0.126 e. The highest BCUT2D eigenvalue weighted by Crippen LogP contribution is 2.35. The molecule has 1 aliphatic rings. The van der Waals surface area contributed by atoms with Gasteiger partial charge in [-0.3, -0.25) is 0 Å². The lowest BCUT2D eigenvalue weighted by Gasteiger charge is -2.29. The molecule has 3 heteroatoms. The van der Waals surface area contributed by atoms with Gasteiger partial charge in [-0.2, -0.15) is 0 Å². The van der Waals surface area contributed by atoms with Gasteiger partial charge >= 0.3 is 0 Å². The molecule has 1 atom stereocenters. The summed E-state index contributed by atoms with van der Waals surface area (Å²) in [6.07, 6.45) is 4.89. The quantitative estimate of drug-likeness (QED) is 0.814. The van der Waals surface area contributed by atoms with Crippen LogP contribution in [0.1, 0.15) is 25.0 Å². The van der Waals surface area contributed by atoms with Gasteiger partial charge in [0.25, 0.3) is 0 Å². The SMILES string of the molecule is COc1cccc(N2CC=CCC2)c1C(C)O. The second kappa shape index (κ2) is 5.23. The Morgan fingerprint density at radius 3 is 2.76 bits per heavy atom. The predicted molar refractivity (Wildman–Crippen MR) is 69.6 cm³/mol. The van der Waals surface area contributed by atoms with E-state index in [4.69, 9.17) is 4.74 Å². The molecule has 0 radical (unpaired) electrons. The zero-order chi connectivity index (χ0) is 12.3. The summed E-state index contributed by atoms with van der Waals surface area (Å²) >= 11 is 0. The molecule has 1 aromatic carbocycles. The fourth-order valence-corrected chi connectivity index (χ4v) is 2.27. The predicted octanol–water partition coefficient (Wildman–Crippen LogP) is 2.51. The van der Waals surface area contributed by atoms with E-state index in [9.17, 15) is 5.11 Å². The van der Waals surface area contributed by atoms with Crippen molar-refractivity contribution >= 4 is 5.69 Å². The molecule has 2 rings (SSSR count). The summed E-state index contributed by atoms with van der Waals surface area (Å²) in [7, 11) is 1.64. The van der Waals surface area contributed by atoms with Gasteiger partial charge in [0, 0.05) is 24.3 Å². The Bertz CT molecular complexity index is 413. The molecule has 0 aromatic heterocycles. The normalized spacial score (nSPS) is 17.0. The van der Waals surface area contributed by atoms with Crippen LogP contribution in [-0.4, -0.2) is 25.3 Å². The van der Waals surface area contributed by atoms with E-state index < -0.39 is 6.10 Å². The third-order valence-corrected chi connectivity index (χ3v) is 3.08. The number of nitrogens with zero attached hydrogens (tertiary/aromatic N) is 1. The van der Waals surface area contributed by atoms with Crippen LogP contribution in [0.5, 0.6) is 5.75 Å². The van der Waals surface area contributed by atoms with Crippen molar-refractivity contribution in [3.8, 4) is 5.75 Å². The average Bonchev–Trinajstić information content (AvgIpc) is 2.38. The summed E-state index contributed by atoms with van der Waals surface area (Å²) in [4.78, 5) is 2.27. The van der Waals surface area contributed by atoms with Crippen LogP contribution in [0, 0.1) is 0 Å². The first kappa shape index (κ1) is 12.0. The van der Waals surface area contributed by atoms with Gasteiger partial charge in [-0.1, -0.05) is 18.2 Å². The maximum absolute atomic E-state index is 9.92. The number of methoxy groups -OCH3 is 1. The molecule has 17 heavy (non-hydrogen) atoms. The molecule has 0 aliphatic carbocycles. The Morgan fingerprint density at radius 2 is 2.18 bits per heavy atom. The first-order valence-corrected chi connectivity index (χ1v) is 5.99. The zero-order valence-corrected chi connectivity index (χ0v) is 10.4. The van der Waals surface area contributed by atoms with E-state index in [0.29, 0.717) is 0 Å². The van der Waals surface area contributed by atoms with Crippen molar-refractivity contribution in [2.75, 3.05) is 25.1 Å². The molecule has 0 amide bonds. The van der Waals surface area contributed by atoms with E-state index in [0.717, 1.165) is 36.5 Å². The Labute approximate surface area is 102 Å². The van der Waals surface area contributed by atoms with Crippen LogP contribution in [0.4, 0.5) is 5.69 Å². The van der Waals surface area contributed by atoms with E-state index in [2.05, 4.69) is 17.1 Å². The third kappa shape index (κ3) is 2.44. The monoisotopic (exact) mass is 233 g/mol. The zero-order valence-electron chi connectivity index (χ0n) is 10.4. The smallest absolute Gasteiger partial charge is 0.126 e. The van der Waals surface area contributed by atoms with E-state index in [1.807, 2.05) is 18.2 Å². The second-order valence-electron chi connectivity index (χ2n) is 4.28. The third-order valence-electron chi connectivity index (χ3n) is 3.08. The van der Waals surface area contributed by atoms with Crippen molar-refractivity contribution in [2.24, 2.45) is 0 Å². The summed E-state index contributed by atoms with van der Waals surface area (Å²) in [5.74, 6) is 0.757. The van der Waals surface area contributed by atoms with Gasteiger partial charge in [0.1, 0.15) is 5.75 Å². The molecule has 92 valence electrons. The van der Waals surface area contributed by atoms with Crippen molar-refractivity contribution in [3.63, 3.8) is 0 Å². The van der Waals surface area contributed by atoms with Gasteiger partial charge in [-0.15, -0.1) is 0 Å². The lowest BCUT2D eigenvalue weighted by Crippen LogP contribution is -2.28. The summed E-state index contributed by atoms with van der Waals surface area (Å²) in [5.41, 5.74) is 1.95. The first-order valence-electron chi connectivity index (χ1n) is 5.99. The van der Waals surface area contributed by atoms with E-state index in [-0.39, 0.29) is 0 Å². The van der Waals surface area contributed by atoms with Crippen molar-refractivity contribution in [3.05, 3.63) is 35.9 Å².